The predicted molar refractivity (Wildman–Crippen MR) is 84.4 cm³/mol. The number of halogens is 1. The standard InChI is InChI=1S/C15H16BrNS/c1-11(14-5-3-4-6-15(14)16)17-12-7-9-13(18-2)10-8-12/h3-11,17H,1-2H3. The van der Waals surface area contributed by atoms with E-state index in [2.05, 4.69) is 76.9 Å². The summed E-state index contributed by atoms with van der Waals surface area (Å²) in [5.74, 6) is 0. The zero-order chi connectivity index (χ0) is 13.0. The van der Waals surface area contributed by atoms with Crippen LogP contribution in [0.1, 0.15) is 18.5 Å². The Labute approximate surface area is 121 Å². The number of hydrogen-bond acceptors (Lipinski definition) is 2. The van der Waals surface area contributed by atoms with E-state index in [1.54, 1.807) is 11.8 Å². The molecule has 2 aromatic carbocycles. The van der Waals surface area contributed by atoms with Gasteiger partial charge in [0.2, 0.25) is 0 Å². The van der Waals surface area contributed by atoms with Crippen molar-refractivity contribution < 1.29 is 0 Å². The maximum Gasteiger partial charge on any atom is 0.0496 e. The summed E-state index contributed by atoms with van der Waals surface area (Å²) in [7, 11) is 0. The van der Waals surface area contributed by atoms with Gasteiger partial charge in [0.05, 0.1) is 0 Å². The van der Waals surface area contributed by atoms with Crippen molar-refractivity contribution in [2.24, 2.45) is 0 Å². The van der Waals surface area contributed by atoms with Crippen molar-refractivity contribution in [2.75, 3.05) is 11.6 Å². The first-order chi connectivity index (χ1) is 8.70. The van der Waals surface area contributed by atoms with E-state index >= 15 is 0 Å². The van der Waals surface area contributed by atoms with Gasteiger partial charge in [-0.05, 0) is 49.1 Å². The van der Waals surface area contributed by atoms with E-state index in [1.807, 2.05) is 6.07 Å². The maximum atomic E-state index is 3.59. The molecule has 94 valence electrons. The fourth-order valence-corrected chi connectivity index (χ4v) is 2.88. The van der Waals surface area contributed by atoms with Crippen LogP contribution in [0.3, 0.4) is 0 Å². The van der Waals surface area contributed by atoms with Crippen LogP contribution in [0.5, 0.6) is 0 Å². The van der Waals surface area contributed by atoms with E-state index in [0.717, 1.165) is 10.2 Å². The highest BCUT2D eigenvalue weighted by Crippen LogP contribution is 2.26. The molecule has 1 unspecified atom stereocenters. The van der Waals surface area contributed by atoms with E-state index in [9.17, 15) is 0 Å². The minimum Gasteiger partial charge on any atom is -0.378 e. The molecule has 1 atom stereocenters. The van der Waals surface area contributed by atoms with Crippen LogP contribution in [-0.4, -0.2) is 6.26 Å². The topological polar surface area (TPSA) is 12.0 Å². The number of nitrogens with one attached hydrogen (secondary N) is 1. The molecule has 1 N–H and O–H groups in total. The minimum absolute atomic E-state index is 0.278. The Hall–Kier alpha value is -0.930. The first kappa shape index (κ1) is 13.5. The molecule has 0 amide bonds. The molecule has 0 aromatic heterocycles. The monoisotopic (exact) mass is 321 g/mol. The SMILES string of the molecule is CSc1ccc(NC(C)c2ccccc2Br)cc1. The number of anilines is 1. The number of hydrogen-bond donors (Lipinski definition) is 1. The molecule has 1 nitrogen and oxygen atoms in total. The molecule has 0 radical (unpaired) electrons. The summed E-state index contributed by atoms with van der Waals surface area (Å²) in [4.78, 5) is 1.29. The number of benzene rings is 2. The second-order valence-corrected chi connectivity index (χ2v) is 5.85. The molecule has 2 aromatic rings. The van der Waals surface area contributed by atoms with Crippen molar-refractivity contribution >= 4 is 33.4 Å². The second kappa shape index (κ2) is 6.30. The summed E-state index contributed by atoms with van der Waals surface area (Å²) in [6.07, 6.45) is 2.09. The third-order valence-corrected chi connectivity index (χ3v) is 4.31. The molecular weight excluding hydrogens is 306 g/mol. The normalized spacial score (nSPS) is 12.2. The Morgan fingerprint density at radius 2 is 1.72 bits per heavy atom. The fourth-order valence-electron chi connectivity index (χ4n) is 1.84. The molecule has 0 heterocycles. The highest BCUT2D eigenvalue weighted by molar-refractivity contribution is 9.10. The lowest BCUT2D eigenvalue weighted by atomic mass is 10.1. The van der Waals surface area contributed by atoms with Gasteiger partial charge in [0.25, 0.3) is 0 Å². The molecular formula is C15H16BrNS. The van der Waals surface area contributed by atoms with Crippen molar-refractivity contribution in [2.45, 2.75) is 17.9 Å². The van der Waals surface area contributed by atoms with E-state index in [0.29, 0.717) is 0 Å². The molecule has 0 fully saturated rings. The molecule has 0 saturated heterocycles. The largest absolute Gasteiger partial charge is 0.378 e. The Morgan fingerprint density at radius 3 is 2.33 bits per heavy atom. The van der Waals surface area contributed by atoms with Gasteiger partial charge in [0.15, 0.2) is 0 Å². The molecule has 0 aliphatic heterocycles. The zero-order valence-electron chi connectivity index (χ0n) is 10.5. The summed E-state index contributed by atoms with van der Waals surface area (Å²) >= 11 is 5.35. The Morgan fingerprint density at radius 1 is 1.06 bits per heavy atom. The Bertz CT molecular complexity index is 510. The van der Waals surface area contributed by atoms with Crippen molar-refractivity contribution in [1.29, 1.82) is 0 Å². The van der Waals surface area contributed by atoms with Gasteiger partial charge in [-0.3, -0.25) is 0 Å². The van der Waals surface area contributed by atoms with Crippen LogP contribution < -0.4 is 5.32 Å². The average Bonchev–Trinajstić information content (AvgIpc) is 2.40. The fraction of sp³-hybridized carbons (Fsp3) is 0.200. The van der Waals surface area contributed by atoms with Gasteiger partial charge in [0, 0.05) is 21.1 Å². The Balaban J connectivity index is 2.11. The van der Waals surface area contributed by atoms with Crippen molar-refractivity contribution in [1.82, 2.24) is 0 Å². The van der Waals surface area contributed by atoms with Gasteiger partial charge in [0.1, 0.15) is 0 Å². The molecule has 2 rings (SSSR count). The van der Waals surface area contributed by atoms with Crippen LogP contribution in [0.2, 0.25) is 0 Å². The van der Waals surface area contributed by atoms with Gasteiger partial charge in [-0.2, -0.15) is 0 Å². The van der Waals surface area contributed by atoms with Crippen LogP contribution in [0.15, 0.2) is 57.9 Å². The summed E-state index contributed by atoms with van der Waals surface area (Å²) < 4.78 is 1.14. The van der Waals surface area contributed by atoms with Crippen molar-refractivity contribution in [3.05, 3.63) is 58.6 Å². The lowest BCUT2D eigenvalue weighted by Crippen LogP contribution is -2.06. The lowest BCUT2D eigenvalue weighted by molar-refractivity contribution is 0.878. The summed E-state index contributed by atoms with van der Waals surface area (Å²) in [5.41, 5.74) is 2.42. The van der Waals surface area contributed by atoms with Gasteiger partial charge in [-0.25, -0.2) is 0 Å². The first-order valence-corrected chi connectivity index (χ1v) is 7.87. The first-order valence-electron chi connectivity index (χ1n) is 5.85. The highest BCUT2D eigenvalue weighted by atomic mass is 79.9. The molecule has 0 bridgehead atoms. The van der Waals surface area contributed by atoms with E-state index in [-0.39, 0.29) is 6.04 Å². The molecule has 3 heteroatoms. The van der Waals surface area contributed by atoms with Gasteiger partial charge in [-0.1, -0.05) is 34.1 Å². The van der Waals surface area contributed by atoms with Gasteiger partial charge in [-0.15, -0.1) is 11.8 Å². The summed E-state index contributed by atoms with van der Waals surface area (Å²) in [6.45, 7) is 2.17. The lowest BCUT2D eigenvalue weighted by Gasteiger charge is -2.17. The minimum atomic E-state index is 0.278. The van der Waals surface area contributed by atoms with Crippen LogP contribution >= 0.6 is 27.7 Å². The molecule has 18 heavy (non-hydrogen) atoms. The molecule has 0 saturated carbocycles. The van der Waals surface area contributed by atoms with Gasteiger partial charge >= 0.3 is 0 Å². The Kier molecular flexibility index (Phi) is 4.72. The predicted octanol–water partition coefficient (Wildman–Crippen LogP) is 5.34. The average molecular weight is 322 g/mol. The number of rotatable bonds is 4. The van der Waals surface area contributed by atoms with E-state index in [4.69, 9.17) is 0 Å². The summed E-state index contributed by atoms with van der Waals surface area (Å²) in [6, 6.07) is 17.1. The van der Waals surface area contributed by atoms with Crippen molar-refractivity contribution in [3.8, 4) is 0 Å². The maximum absolute atomic E-state index is 3.59. The second-order valence-electron chi connectivity index (χ2n) is 4.12. The van der Waals surface area contributed by atoms with Crippen molar-refractivity contribution in [3.63, 3.8) is 0 Å². The third kappa shape index (κ3) is 3.30. The number of thioether (sulfide) groups is 1. The third-order valence-electron chi connectivity index (χ3n) is 2.84. The van der Waals surface area contributed by atoms with Gasteiger partial charge < -0.3 is 5.32 Å². The molecule has 0 spiro atoms. The molecule has 0 aliphatic rings. The van der Waals surface area contributed by atoms with E-state index < -0.39 is 0 Å². The molecule has 0 aliphatic carbocycles. The zero-order valence-corrected chi connectivity index (χ0v) is 12.9. The van der Waals surface area contributed by atoms with Crippen LogP contribution in [0.4, 0.5) is 5.69 Å². The van der Waals surface area contributed by atoms with Crippen LogP contribution in [-0.2, 0) is 0 Å². The quantitative estimate of drug-likeness (QED) is 0.762. The van der Waals surface area contributed by atoms with Crippen LogP contribution in [0.25, 0.3) is 0 Å². The van der Waals surface area contributed by atoms with Crippen LogP contribution in [0, 0.1) is 0 Å². The summed E-state index contributed by atoms with van der Waals surface area (Å²) in [5, 5.41) is 3.51. The van der Waals surface area contributed by atoms with E-state index in [1.165, 1.54) is 10.5 Å². The smallest absolute Gasteiger partial charge is 0.0496 e. The highest BCUT2D eigenvalue weighted by Gasteiger charge is 2.08.